The summed E-state index contributed by atoms with van der Waals surface area (Å²) in [7, 11) is 0. The number of nitrogens with zero attached hydrogens (tertiary/aromatic N) is 3. The Morgan fingerprint density at radius 3 is 2.00 bits per heavy atom. The van der Waals surface area contributed by atoms with Crippen LogP contribution in [0.1, 0.15) is 103 Å². The highest BCUT2D eigenvalue weighted by molar-refractivity contribution is 6.16. The molecule has 55 heavy (non-hydrogen) atoms. The highest BCUT2D eigenvalue weighted by Crippen LogP contribution is 2.47. The molecule has 5 heteroatoms. The first-order valence-electron chi connectivity index (χ1n) is 19.5. The van der Waals surface area contributed by atoms with E-state index in [0.29, 0.717) is 0 Å². The Kier molecular flexibility index (Phi) is 8.75. The van der Waals surface area contributed by atoms with Crippen LogP contribution in [0.4, 0.5) is 0 Å². The summed E-state index contributed by atoms with van der Waals surface area (Å²) >= 11 is 0. The lowest BCUT2D eigenvalue weighted by atomic mass is 9.79. The minimum atomic E-state index is -0.305. The first-order chi connectivity index (χ1) is 26.1. The molecule has 8 rings (SSSR count). The van der Waals surface area contributed by atoms with Gasteiger partial charge in [0.25, 0.3) is 0 Å². The van der Waals surface area contributed by atoms with Gasteiger partial charge in [0.05, 0.1) is 28.0 Å². The maximum atomic E-state index is 12.4. The number of furan rings is 1. The van der Waals surface area contributed by atoms with Gasteiger partial charge in [-0.25, -0.2) is 4.98 Å². The summed E-state index contributed by atoms with van der Waals surface area (Å²) in [6.07, 6.45) is 1.83. The van der Waals surface area contributed by atoms with Gasteiger partial charge in [0, 0.05) is 33.7 Å². The number of hydrogen-bond acceptors (Lipinski definition) is 4. The lowest BCUT2D eigenvalue weighted by Gasteiger charge is -2.28. The van der Waals surface area contributed by atoms with Crippen LogP contribution in [0.25, 0.3) is 72.4 Å². The number of fused-ring (bicyclic) bond motifs is 4. The van der Waals surface area contributed by atoms with Gasteiger partial charge in [0.1, 0.15) is 22.7 Å². The highest BCUT2D eigenvalue weighted by Gasteiger charge is 2.30. The Bertz CT molecular complexity index is 2710. The molecule has 0 aliphatic heterocycles. The minimum Gasteiger partial charge on any atom is -0.507 e. The van der Waals surface area contributed by atoms with E-state index in [0.717, 1.165) is 83.6 Å². The van der Waals surface area contributed by atoms with Crippen LogP contribution in [0.3, 0.4) is 0 Å². The van der Waals surface area contributed by atoms with Crippen LogP contribution in [0.15, 0.2) is 114 Å². The maximum Gasteiger partial charge on any atom is 0.149 e. The molecule has 0 unspecified atom stereocenters. The van der Waals surface area contributed by atoms with Gasteiger partial charge in [-0.3, -0.25) is 9.55 Å². The van der Waals surface area contributed by atoms with Crippen molar-refractivity contribution in [2.75, 3.05) is 0 Å². The molecule has 1 N–H and O–H groups in total. The molecule has 3 heterocycles. The number of aromatic nitrogens is 3. The molecule has 0 spiro atoms. The predicted octanol–water partition coefficient (Wildman–Crippen LogP) is 13.9. The Balaban J connectivity index is 1.56. The Hall–Kier alpha value is -5.68. The van der Waals surface area contributed by atoms with Gasteiger partial charge >= 0.3 is 0 Å². The van der Waals surface area contributed by atoms with Crippen LogP contribution in [0.2, 0.25) is 0 Å². The molecule has 5 aromatic carbocycles. The largest absolute Gasteiger partial charge is 0.507 e. The molecule has 0 radical (unpaired) electrons. The van der Waals surface area contributed by atoms with Crippen molar-refractivity contribution in [3.8, 4) is 45.2 Å². The van der Waals surface area contributed by atoms with Gasteiger partial charge in [-0.2, -0.15) is 0 Å². The molecule has 5 nitrogen and oxygen atoms in total. The van der Waals surface area contributed by atoms with E-state index >= 15 is 0 Å². The van der Waals surface area contributed by atoms with Gasteiger partial charge < -0.3 is 9.52 Å². The zero-order valence-electron chi connectivity index (χ0n) is 33.7. The van der Waals surface area contributed by atoms with Crippen LogP contribution >= 0.6 is 0 Å². The van der Waals surface area contributed by atoms with E-state index in [4.69, 9.17) is 14.4 Å². The van der Waals surface area contributed by atoms with Crippen molar-refractivity contribution in [2.24, 2.45) is 0 Å². The van der Waals surface area contributed by atoms with E-state index < -0.39 is 0 Å². The second-order valence-electron chi connectivity index (χ2n) is 17.7. The van der Waals surface area contributed by atoms with E-state index in [1.165, 1.54) is 11.1 Å². The van der Waals surface area contributed by atoms with Gasteiger partial charge in [-0.05, 0) is 87.4 Å². The Morgan fingerprint density at radius 2 is 1.35 bits per heavy atom. The molecule has 0 amide bonds. The second kappa shape index (κ2) is 13.3. The van der Waals surface area contributed by atoms with Crippen molar-refractivity contribution < 1.29 is 9.52 Å². The summed E-state index contributed by atoms with van der Waals surface area (Å²) in [5.74, 6) is 1.48. The molecular formula is C50H51N3O2. The number of phenols is 1. The van der Waals surface area contributed by atoms with Crippen molar-refractivity contribution >= 4 is 33.0 Å². The normalized spacial score (nSPS) is 12.6. The van der Waals surface area contributed by atoms with E-state index in [9.17, 15) is 5.11 Å². The van der Waals surface area contributed by atoms with Crippen molar-refractivity contribution in [2.45, 2.75) is 91.9 Å². The molecule has 0 bridgehead atoms. The molecule has 3 aromatic heterocycles. The summed E-state index contributed by atoms with van der Waals surface area (Å²) in [6, 6.07) is 36.1. The van der Waals surface area contributed by atoms with E-state index in [1.54, 1.807) is 0 Å². The SMILES string of the molecule is CC(C)c1cccc(C(C)C)c1-n1c(-c2cc(C(C)(C)C)cc(C(C)(C)C)c2O)nc2c(-c3cc(-c4ccccn4)cc4oc5ccccc5c34)cccc21. The number of para-hydroxylation sites is 3. The fourth-order valence-corrected chi connectivity index (χ4v) is 8.05. The van der Waals surface area contributed by atoms with Crippen LogP contribution in [0, 0.1) is 0 Å². The third kappa shape index (κ3) is 6.20. The van der Waals surface area contributed by atoms with Gasteiger partial charge in [0.15, 0.2) is 0 Å². The van der Waals surface area contributed by atoms with Crippen LogP contribution in [-0.4, -0.2) is 19.6 Å². The highest BCUT2D eigenvalue weighted by atomic mass is 16.3. The van der Waals surface area contributed by atoms with Crippen LogP contribution < -0.4 is 0 Å². The monoisotopic (exact) mass is 725 g/mol. The summed E-state index contributed by atoms with van der Waals surface area (Å²) in [6.45, 7) is 22.2. The number of aromatic hydroxyl groups is 1. The maximum absolute atomic E-state index is 12.4. The average Bonchev–Trinajstić information content (AvgIpc) is 3.72. The van der Waals surface area contributed by atoms with E-state index in [1.807, 2.05) is 36.5 Å². The minimum absolute atomic E-state index is 0.163. The lowest BCUT2D eigenvalue weighted by molar-refractivity contribution is 0.446. The van der Waals surface area contributed by atoms with Gasteiger partial charge in [-0.15, -0.1) is 0 Å². The molecule has 0 aliphatic rings. The summed E-state index contributed by atoms with van der Waals surface area (Å²) < 4.78 is 8.90. The fraction of sp³-hybridized carbons (Fsp3) is 0.280. The zero-order valence-corrected chi connectivity index (χ0v) is 33.7. The van der Waals surface area contributed by atoms with Gasteiger partial charge in [-0.1, -0.05) is 130 Å². The smallest absolute Gasteiger partial charge is 0.149 e. The first-order valence-corrected chi connectivity index (χ1v) is 19.5. The van der Waals surface area contributed by atoms with E-state index in [-0.39, 0.29) is 28.4 Å². The molecule has 0 atom stereocenters. The number of imidazole rings is 1. The van der Waals surface area contributed by atoms with Crippen LogP contribution in [-0.2, 0) is 10.8 Å². The quantitative estimate of drug-likeness (QED) is 0.185. The Morgan fingerprint density at radius 1 is 0.655 bits per heavy atom. The molecule has 0 fully saturated rings. The molecule has 0 aliphatic carbocycles. The summed E-state index contributed by atoms with van der Waals surface area (Å²) in [4.78, 5) is 10.4. The number of pyridine rings is 1. The fourth-order valence-electron chi connectivity index (χ4n) is 8.05. The van der Waals surface area contributed by atoms with E-state index in [2.05, 4.69) is 147 Å². The third-order valence-corrected chi connectivity index (χ3v) is 11.0. The molecule has 0 saturated carbocycles. The summed E-state index contributed by atoms with van der Waals surface area (Å²) in [5.41, 5.74) is 13.2. The number of hydrogen-bond donors (Lipinski definition) is 1. The molecule has 278 valence electrons. The Labute approximate surface area is 324 Å². The van der Waals surface area contributed by atoms with Gasteiger partial charge in [0.2, 0.25) is 0 Å². The predicted molar refractivity (Wildman–Crippen MR) is 230 cm³/mol. The number of benzene rings is 5. The molecule has 0 saturated heterocycles. The van der Waals surface area contributed by atoms with Crippen molar-refractivity contribution in [3.63, 3.8) is 0 Å². The third-order valence-electron chi connectivity index (χ3n) is 11.0. The first kappa shape index (κ1) is 36.3. The number of rotatable bonds is 6. The second-order valence-corrected chi connectivity index (χ2v) is 17.7. The summed E-state index contributed by atoms with van der Waals surface area (Å²) in [5, 5.41) is 14.5. The lowest BCUT2D eigenvalue weighted by Crippen LogP contribution is -2.17. The molecular weight excluding hydrogens is 675 g/mol. The van der Waals surface area contributed by atoms with Crippen LogP contribution in [0.5, 0.6) is 5.75 Å². The zero-order chi connectivity index (χ0) is 39.0. The number of phenolic OH excluding ortho intramolecular Hbond substituents is 1. The standard InChI is InChI=1S/C50H51N3O2/c1-29(2)33-18-15-19-34(30(3)4)46(33)53-41-22-16-20-35(45(41)52-48(53)38-27-32(49(5,6)7)28-39(47(38)54)50(8,9)10)37-25-31(40-21-13-14-24-51-40)26-43-44(37)36-17-11-12-23-42(36)55-43/h11-30,54H,1-10H3. The van der Waals surface area contributed by atoms with Crippen molar-refractivity contribution in [1.82, 2.24) is 14.5 Å². The van der Waals surface area contributed by atoms with Crippen molar-refractivity contribution in [3.05, 3.63) is 132 Å². The topological polar surface area (TPSA) is 64.1 Å². The average molecular weight is 726 g/mol. The molecule has 8 aromatic rings. The van der Waals surface area contributed by atoms with Crippen molar-refractivity contribution in [1.29, 1.82) is 0 Å².